The maximum atomic E-state index is 9.71. The normalized spacial score (nSPS) is 16.5. The molecule has 1 atom stereocenters. The van der Waals surface area contributed by atoms with Gasteiger partial charge in [0.2, 0.25) is 0 Å². The molecule has 0 amide bonds. The van der Waals surface area contributed by atoms with Gasteiger partial charge in [0, 0.05) is 25.4 Å². The average molecular weight is 266 g/mol. The molecule has 0 saturated heterocycles. The van der Waals surface area contributed by atoms with Crippen LogP contribution in [0.2, 0.25) is 0 Å². The highest BCUT2D eigenvalue weighted by molar-refractivity contribution is 5.27. The van der Waals surface area contributed by atoms with Gasteiger partial charge in [-0.1, -0.05) is 0 Å². The number of ether oxygens (including phenoxy) is 1. The van der Waals surface area contributed by atoms with Crippen LogP contribution in [0.3, 0.4) is 0 Å². The SMILES string of the molecule is Cc1ccc(O)c(CNCC(O)COCC2CC2)n1. The monoisotopic (exact) mass is 266 g/mol. The summed E-state index contributed by atoms with van der Waals surface area (Å²) < 4.78 is 5.41. The predicted molar refractivity (Wildman–Crippen MR) is 71.9 cm³/mol. The highest BCUT2D eigenvalue weighted by Gasteiger charge is 2.21. The molecule has 0 bridgehead atoms. The minimum atomic E-state index is -0.522. The van der Waals surface area contributed by atoms with E-state index in [1.807, 2.05) is 6.92 Å². The molecule has 5 nitrogen and oxygen atoms in total. The van der Waals surface area contributed by atoms with E-state index in [4.69, 9.17) is 4.74 Å². The van der Waals surface area contributed by atoms with Gasteiger partial charge in [-0.05, 0) is 37.8 Å². The lowest BCUT2D eigenvalue weighted by Gasteiger charge is -2.12. The Bertz CT molecular complexity index is 408. The molecular weight excluding hydrogens is 244 g/mol. The third kappa shape index (κ3) is 5.14. The van der Waals surface area contributed by atoms with E-state index in [9.17, 15) is 10.2 Å². The molecule has 1 aromatic rings. The van der Waals surface area contributed by atoms with Gasteiger partial charge < -0.3 is 20.3 Å². The molecule has 5 heteroatoms. The predicted octanol–water partition coefficient (Wildman–Crippen LogP) is 0.973. The quantitative estimate of drug-likeness (QED) is 0.654. The molecule has 2 rings (SSSR count). The van der Waals surface area contributed by atoms with E-state index in [0.717, 1.165) is 12.3 Å². The first kappa shape index (κ1) is 14.2. The second kappa shape index (κ2) is 6.84. The summed E-state index contributed by atoms with van der Waals surface area (Å²) in [7, 11) is 0. The standard InChI is InChI=1S/C14H22N2O3/c1-10-2-5-14(18)13(16-10)7-15-6-12(17)9-19-8-11-3-4-11/h2,5,11-12,15,17-18H,3-4,6-9H2,1H3. The Labute approximate surface area is 113 Å². The molecular formula is C14H22N2O3. The van der Waals surface area contributed by atoms with E-state index >= 15 is 0 Å². The van der Waals surface area contributed by atoms with Gasteiger partial charge in [0.15, 0.2) is 0 Å². The summed E-state index contributed by atoms with van der Waals surface area (Å²) >= 11 is 0. The largest absolute Gasteiger partial charge is 0.506 e. The van der Waals surface area contributed by atoms with Crippen LogP contribution in [-0.4, -0.2) is 41.1 Å². The molecule has 0 aromatic carbocycles. The zero-order chi connectivity index (χ0) is 13.7. The third-order valence-electron chi connectivity index (χ3n) is 3.12. The Morgan fingerprint density at radius 3 is 3.00 bits per heavy atom. The minimum Gasteiger partial charge on any atom is -0.506 e. The number of nitrogens with zero attached hydrogens (tertiary/aromatic N) is 1. The van der Waals surface area contributed by atoms with Crippen LogP contribution < -0.4 is 5.32 Å². The lowest BCUT2D eigenvalue weighted by Crippen LogP contribution is -2.30. The van der Waals surface area contributed by atoms with E-state index < -0.39 is 6.10 Å². The van der Waals surface area contributed by atoms with Crippen LogP contribution in [-0.2, 0) is 11.3 Å². The van der Waals surface area contributed by atoms with Gasteiger partial charge in [0.25, 0.3) is 0 Å². The minimum absolute atomic E-state index is 0.178. The molecule has 1 fully saturated rings. The fourth-order valence-corrected chi connectivity index (χ4v) is 1.80. The second-order valence-corrected chi connectivity index (χ2v) is 5.18. The first-order valence-corrected chi connectivity index (χ1v) is 6.77. The maximum Gasteiger partial charge on any atom is 0.138 e. The number of rotatable bonds is 8. The van der Waals surface area contributed by atoms with Crippen LogP contribution in [0.1, 0.15) is 24.2 Å². The van der Waals surface area contributed by atoms with Crippen LogP contribution in [0.5, 0.6) is 5.75 Å². The van der Waals surface area contributed by atoms with Gasteiger partial charge in [-0.25, -0.2) is 0 Å². The lowest BCUT2D eigenvalue weighted by atomic mass is 10.2. The van der Waals surface area contributed by atoms with Crippen molar-refractivity contribution in [1.29, 1.82) is 0 Å². The fraction of sp³-hybridized carbons (Fsp3) is 0.643. The summed E-state index contributed by atoms with van der Waals surface area (Å²) in [5.74, 6) is 0.895. The van der Waals surface area contributed by atoms with Gasteiger partial charge in [-0.15, -0.1) is 0 Å². The van der Waals surface area contributed by atoms with Crippen molar-refractivity contribution in [2.24, 2.45) is 5.92 Å². The Morgan fingerprint density at radius 1 is 1.47 bits per heavy atom. The Balaban J connectivity index is 1.62. The van der Waals surface area contributed by atoms with Crippen LogP contribution in [0.4, 0.5) is 0 Å². The molecule has 1 aliphatic carbocycles. The molecule has 0 aliphatic heterocycles. The number of aromatic hydroxyl groups is 1. The first-order valence-electron chi connectivity index (χ1n) is 6.77. The average Bonchev–Trinajstić information content (AvgIpc) is 3.18. The van der Waals surface area contributed by atoms with Crippen molar-refractivity contribution in [1.82, 2.24) is 10.3 Å². The smallest absolute Gasteiger partial charge is 0.138 e. The van der Waals surface area contributed by atoms with Crippen molar-refractivity contribution < 1.29 is 14.9 Å². The molecule has 1 aliphatic rings. The topological polar surface area (TPSA) is 74.6 Å². The number of hydrogen-bond donors (Lipinski definition) is 3. The van der Waals surface area contributed by atoms with Crippen molar-refractivity contribution in [3.8, 4) is 5.75 Å². The van der Waals surface area contributed by atoms with Crippen LogP contribution in [0, 0.1) is 12.8 Å². The zero-order valence-electron chi connectivity index (χ0n) is 11.3. The fourth-order valence-electron chi connectivity index (χ4n) is 1.80. The van der Waals surface area contributed by atoms with Gasteiger partial charge in [-0.2, -0.15) is 0 Å². The van der Waals surface area contributed by atoms with Crippen LogP contribution in [0.15, 0.2) is 12.1 Å². The Kier molecular flexibility index (Phi) is 5.13. The molecule has 0 spiro atoms. The second-order valence-electron chi connectivity index (χ2n) is 5.18. The van der Waals surface area contributed by atoms with Gasteiger partial charge >= 0.3 is 0 Å². The Hall–Kier alpha value is -1.17. The maximum absolute atomic E-state index is 9.71. The molecule has 1 saturated carbocycles. The summed E-state index contributed by atoms with van der Waals surface area (Å²) in [6.07, 6.45) is 1.99. The number of aliphatic hydroxyl groups excluding tert-OH is 1. The van der Waals surface area contributed by atoms with Gasteiger partial charge in [0.05, 0.1) is 18.4 Å². The van der Waals surface area contributed by atoms with Crippen molar-refractivity contribution in [3.63, 3.8) is 0 Å². The first-order chi connectivity index (χ1) is 9.15. The lowest BCUT2D eigenvalue weighted by molar-refractivity contribution is 0.0324. The van der Waals surface area contributed by atoms with E-state index in [2.05, 4.69) is 10.3 Å². The Morgan fingerprint density at radius 2 is 2.26 bits per heavy atom. The molecule has 1 aromatic heterocycles. The summed E-state index contributed by atoms with van der Waals surface area (Å²) in [5.41, 5.74) is 1.47. The van der Waals surface area contributed by atoms with E-state index in [1.165, 1.54) is 12.8 Å². The number of nitrogens with one attached hydrogen (secondary N) is 1. The van der Waals surface area contributed by atoms with E-state index in [0.29, 0.717) is 31.3 Å². The summed E-state index contributed by atoms with van der Waals surface area (Å²) in [4.78, 5) is 4.24. The summed E-state index contributed by atoms with van der Waals surface area (Å²) in [5, 5.41) is 22.4. The zero-order valence-corrected chi connectivity index (χ0v) is 11.3. The van der Waals surface area contributed by atoms with Crippen LogP contribution in [0.25, 0.3) is 0 Å². The van der Waals surface area contributed by atoms with E-state index in [-0.39, 0.29) is 5.75 Å². The number of aryl methyl sites for hydroxylation is 1. The van der Waals surface area contributed by atoms with Gasteiger partial charge in [0.1, 0.15) is 5.75 Å². The number of aromatic nitrogens is 1. The van der Waals surface area contributed by atoms with Crippen molar-refractivity contribution in [2.45, 2.75) is 32.4 Å². The van der Waals surface area contributed by atoms with Crippen molar-refractivity contribution >= 4 is 0 Å². The van der Waals surface area contributed by atoms with Crippen molar-refractivity contribution in [3.05, 3.63) is 23.5 Å². The van der Waals surface area contributed by atoms with Crippen molar-refractivity contribution in [2.75, 3.05) is 19.8 Å². The molecule has 1 heterocycles. The summed E-state index contributed by atoms with van der Waals surface area (Å²) in [6, 6.07) is 3.40. The molecule has 3 N–H and O–H groups in total. The molecule has 1 unspecified atom stereocenters. The highest BCUT2D eigenvalue weighted by Crippen LogP contribution is 2.28. The molecule has 19 heavy (non-hydrogen) atoms. The number of pyridine rings is 1. The van der Waals surface area contributed by atoms with E-state index in [1.54, 1.807) is 12.1 Å². The van der Waals surface area contributed by atoms with Crippen LogP contribution >= 0.6 is 0 Å². The third-order valence-corrected chi connectivity index (χ3v) is 3.12. The highest BCUT2D eigenvalue weighted by atomic mass is 16.5. The number of hydrogen-bond acceptors (Lipinski definition) is 5. The summed E-state index contributed by atoms with van der Waals surface area (Å²) in [6.45, 7) is 3.87. The molecule has 0 radical (unpaired) electrons. The van der Waals surface area contributed by atoms with Gasteiger partial charge in [-0.3, -0.25) is 4.98 Å². The molecule has 106 valence electrons. The number of aliphatic hydroxyl groups is 1.